The van der Waals surface area contributed by atoms with E-state index in [2.05, 4.69) is 13.8 Å². The van der Waals surface area contributed by atoms with Gasteiger partial charge in [0.15, 0.2) is 0 Å². The number of aliphatic hydroxyl groups excluding tert-OH is 1. The zero-order valence-corrected chi connectivity index (χ0v) is 13.6. The van der Waals surface area contributed by atoms with Crippen LogP contribution in [0.25, 0.3) is 0 Å². The third-order valence-electron chi connectivity index (χ3n) is 8.35. The monoisotopic (exact) mass is 290 g/mol. The Morgan fingerprint density at radius 2 is 1.81 bits per heavy atom. The van der Waals surface area contributed by atoms with Crippen LogP contribution in [0.2, 0.25) is 0 Å². The summed E-state index contributed by atoms with van der Waals surface area (Å²) in [6.45, 7) is 4.78. The van der Waals surface area contributed by atoms with Crippen LogP contribution in [0.15, 0.2) is 0 Å². The first-order chi connectivity index (χ1) is 9.95. The van der Waals surface area contributed by atoms with E-state index < -0.39 is 0 Å². The number of carbonyl (C=O) groups is 1. The van der Waals surface area contributed by atoms with Crippen molar-refractivity contribution in [3.8, 4) is 0 Å². The van der Waals surface area contributed by atoms with Crippen LogP contribution in [0.1, 0.15) is 71.6 Å². The van der Waals surface area contributed by atoms with E-state index in [1.54, 1.807) is 0 Å². The number of rotatable bonds is 0. The molecule has 0 spiro atoms. The molecule has 0 aromatic rings. The zero-order chi connectivity index (χ0) is 14.8. The molecule has 4 aliphatic rings. The Hall–Kier alpha value is -0.370. The smallest absolute Gasteiger partial charge is 0.139 e. The van der Waals surface area contributed by atoms with Crippen LogP contribution in [0.5, 0.6) is 0 Å². The van der Waals surface area contributed by atoms with Gasteiger partial charge in [-0.1, -0.05) is 13.8 Å². The minimum absolute atomic E-state index is 0.0124. The molecule has 21 heavy (non-hydrogen) atoms. The number of hydrogen-bond donors (Lipinski definition) is 1. The largest absolute Gasteiger partial charge is 0.393 e. The van der Waals surface area contributed by atoms with Gasteiger partial charge < -0.3 is 5.11 Å². The highest BCUT2D eigenvalue weighted by molar-refractivity contribution is 5.87. The standard InChI is InChI=1S/C19H30O2/c1-18-9-7-13(20)11-12(18)3-4-14-15-5-6-17(21)19(15,2)10-8-16(14)18/h12-16,20H,3-11H2,1-2H3/t12-,13-,14+,15-,16-,18+,19+/m1/s1. The van der Waals surface area contributed by atoms with Gasteiger partial charge in [-0.2, -0.15) is 0 Å². The maximum atomic E-state index is 12.4. The predicted molar refractivity (Wildman–Crippen MR) is 82.7 cm³/mol. The minimum Gasteiger partial charge on any atom is -0.393 e. The molecule has 0 amide bonds. The Balaban J connectivity index is 1.64. The van der Waals surface area contributed by atoms with Gasteiger partial charge in [-0.3, -0.25) is 4.79 Å². The van der Waals surface area contributed by atoms with Gasteiger partial charge in [0.05, 0.1) is 6.10 Å². The molecule has 2 nitrogen and oxygen atoms in total. The fraction of sp³-hybridized carbons (Fsp3) is 0.947. The Labute approximate surface area is 128 Å². The lowest BCUT2D eigenvalue weighted by Crippen LogP contribution is -2.54. The lowest BCUT2D eigenvalue weighted by molar-refractivity contribution is -0.142. The number of ketones is 1. The number of hydrogen-bond acceptors (Lipinski definition) is 2. The summed E-state index contributed by atoms with van der Waals surface area (Å²) in [4.78, 5) is 12.4. The van der Waals surface area contributed by atoms with Crippen LogP contribution in [0.4, 0.5) is 0 Å². The quantitative estimate of drug-likeness (QED) is 0.733. The molecule has 0 unspecified atom stereocenters. The lowest BCUT2D eigenvalue weighted by atomic mass is 9.45. The SMILES string of the molecule is C[C@]12CC[C@@H](O)C[C@H]1CC[C@@H]1[C@H]2CC[C@]2(C)C(=O)CC[C@H]12. The Morgan fingerprint density at radius 3 is 2.62 bits per heavy atom. The molecular formula is C19H30O2. The lowest BCUT2D eigenvalue weighted by Gasteiger charge is -2.60. The average molecular weight is 290 g/mol. The third-order valence-corrected chi connectivity index (χ3v) is 8.35. The number of carbonyl (C=O) groups excluding carboxylic acids is 1. The molecule has 118 valence electrons. The van der Waals surface area contributed by atoms with E-state index in [1.165, 1.54) is 25.7 Å². The summed E-state index contributed by atoms with van der Waals surface area (Å²) in [5.74, 6) is 3.54. The summed E-state index contributed by atoms with van der Waals surface area (Å²) in [6, 6.07) is 0. The van der Waals surface area contributed by atoms with E-state index in [-0.39, 0.29) is 11.5 Å². The van der Waals surface area contributed by atoms with Crippen LogP contribution in [0.3, 0.4) is 0 Å². The molecule has 0 aromatic heterocycles. The molecule has 4 saturated carbocycles. The number of aliphatic hydroxyl groups is 1. The normalized spacial score (nSPS) is 56.5. The summed E-state index contributed by atoms with van der Waals surface area (Å²) >= 11 is 0. The van der Waals surface area contributed by atoms with Crippen molar-refractivity contribution in [3.05, 3.63) is 0 Å². The maximum Gasteiger partial charge on any atom is 0.139 e. The summed E-state index contributed by atoms with van der Waals surface area (Å²) < 4.78 is 0. The van der Waals surface area contributed by atoms with Crippen molar-refractivity contribution < 1.29 is 9.90 Å². The molecule has 7 atom stereocenters. The molecule has 4 fully saturated rings. The van der Waals surface area contributed by atoms with Crippen molar-refractivity contribution >= 4 is 5.78 Å². The van der Waals surface area contributed by atoms with Gasteiger partial charge in [-0.15, -0.1) is 0 Å². The molecule has 0 aromatic carbocycles. The molecular weight excluding hydrogens is 260 g/mol. The Bertz CT molecular complexity index is 458. The first-order valence-electron chi connectivity index (χ1n) is 9.16. The predicted octanol–water partition coefficient (Wildman–Crippen LogP) is 3.96. The highest BCUT2D eigenvalue weighted by atomic mass is 16.3. The van der Waals surface area contributed by atoms with E-state index in [9.17, 15) is 9.90 Å². The fourth-order valence-corrected chi connectivity index (χ4v) is 7.01. The van der Waals surface area contributed by atoms with Gasteiger partial charge >= 0.3 is 0 Å². The van der Waals surface area contributed by atoms with Crippen molar-refractivity contribution in [1.29, 1.82) is 0 Å². The van der Waals surface area contributed by atoms with E-state index in [0.29, 0.717) is 17.1 Å². The summed E-state index contributed by atoms with van der Waals surface area (Å²) in [5.41, 5.74) is 0.452. The topological polar surface area (TPSA) is 37.3 Å². The van der Waals surface area contributed by atoms with Gasteiger partial charge in [0, 0.05) is 11.8 Å². The zero-order valence-electron chi connectivity index (χ0n) is 13.6. The van der Waals surface area contributed by atoms with E-state index in [4.69, 9.17) is 0 Å². The van der Waals surface area contributed by atoms with Crippen molar-refractivity contribution in [2.45, 2.75) is 77.7 Å². The Kier molecular flexibility index (Phi) is 3.10. The highest BCUT2D eigenvalue weighted by Crippen LogP contribution is 2.65. The molecule has 0 saturated heterocycles. The fourth-order valence-electron chi connectivity index (χ4n) is 7.01. The third kappa shape index (κ3) is 1.84. The summed E-state index contributed by atoms with van der Waals surface area (Å²) in [7, 11) is 0. The second kappa shape index (κ2) is 4.57. The number of Topliss-reactive ketones (excluding diaryl/α,β-unsaturated/α-hetero) is 1. The second-order valence-corrected chi connectivity index (χ2v) is 9.00. The second-order valence-electron chi connectivity index (χ2n) is 9.00. The van der Waals surface area contributed by atoms with Gasteiger partial charge in [0.25, 0.3) is 0 Å². The first kappa shape index (κ1) is 14.2. The van der Waals surface area contributed by atoms with Crippen LogP contribution < -0.4 is 0 Å². The van der Waals surface area contributed by atoms with E-state index in [0.717, 1.165) is 49.9 Å². The summed E-state index contributed by atoms with van der Waals surface area (Å²) in [6.07, 6.45) is 10.1. The molecule has 4 aliphatic carbocycles. The maximum absolute atomic E-state index is 12.4. The van der Waals surface area contributed by atoms with Crippen LogP contribution in [-0.4, -0.2) is 17.0 Å². The summed E-state index contributed by atoms with van der Waals surface area (Å²) in [5, 5.41) is 10.0. The Morgan fingerprint density at radius 1 is 1.00 bits per heavy atom. The first-order valence-corrected chi connectivity index (χ1v) is 9.16. The van der Waals surface area contributed by atoms with E-state index in [1.807, 2.05) is 0 Å². The minimum atomic E-state index is -0.0541. The molecule has 0 heterocycles. The van der Waals surface area contributed by atoms with Gasteiger partial charge in [0.1, 0.15) is 5.78 Å². The molecule has 1 N–H and O–H groups in total. The van der Waals surface area contributed by atoms with Crippen LogP contribution in [-0.2, 0) is 4.79 Å². The van der Waals surface area contributed by atoms with E-state index >= 15 is 0 Å². The molecule has 0 radical (unpaired) electrons. The molecule has 2 heteroatoms. The van der Waals surface area contributed by atoms with Crippen molar-refractivity contribution in [3.63, 3.8) is 0 Å². The highest BCUT2D eigenvalue weighted by Gasteiger charge is 2.60. The van der Waals surface area contributed by atoms with Crippen molar-refractivity contribution in [2.75, 3.05) is 0 Å². The van der Waals surface area contributed by atoms with Crippen LogP contribution >= 0.6 is 0 Å². The van der Waals surface area contributed by atoms with Gasteiger partial charge in [-0.05, 0) is 80.5 Å². The molecule has 0 bridgehead atoms. The molecule has 0 aliphatic heterocycles. The van der Waals surface area contributed by atoms with Crippen molar-refractivity contribution in [2.24, 2.45) is 34.5 Å². The van der Waals surface area contributed by atoms with Gasteiger partial charge in [0.2, 0.25) is 0 Å². The van der Waals surface area contributed by atoms with Crippen molar-refractivity contribution in [1.82, 2.24) is 0 Å². The average Bonchev–Trinajstić information content (AvgIpc) is 2.76. The van der Waals surface area contributed by atoms with Gasteiger partial charge in [-0.25, -0.2) is 0 Å². The number of fused-ring (bicyclic) bond motifs is 5. The molecule has 4 rings (SSSR count). The van der Waals surface area contributed by atoms with Crippen LogP contribution in [0, 0.1) is 34.5 Å².